The summed E-state index contributed by atoms with van der Waals surface area (Å²) in [5.41, 5.74) is -0.333. The van der Waals surface area contributed by atoms with Crippen LogP contribution in [0.1, 0.15) is 42.5 Å². The van der Waals surface area contributed by atoms with Crippen molar-refractivity contribution in [1.29, 1.82) is 0 Å². The predicted molar refractivity (Wildman–Crippen MR) is 110 cm³/mol. The number of aromatic nitrogens is 1. The van der Waals surface area contributed by atoms with Crippen LogP contribution in [0, 0.1) is 17.8 Å². The van der Waals surface area contributed by atoms with Crippen molar-refractivity contribution in [2.75, 3.05) is 0 Å². The van der Waals surface area contributed by atoms with E-state index < -0.39 is 16.4 Å². The van der Waals surface area contributed by atoms with Crippen LogP contribution >= 0.6 is 11.6 Å². The molecule has 0 saturated heterocycles. The van der Waals surface area contributed by atoms with E-state index in [1.807, 2.05) is 0 Å². The summed E-state index contributed by atoms with van der Waals surface area (Å²) < 4.78 is 12.8. The van der Waals surface area contributed by atoms with Crippen molar-refractivity contribution in [1.82, 2.24) is 10.3 Å². The predicted octanol–water partition coefficient (Wildman–Crippen LogP) is 3.57. The molecule has 0 radical (unpaired) electrons. The molecule has 4 aliphatic rings. The smallest absolute Gasteiger partial charge is 0.251 e. The number of pyridine rings is 1. The second-order valence-electron chi connectivity index (χ2n) is 8.77. The molecule has 1 aromatic carbocycles. The highest BCUT2D eigenvalue weighted by Crippen LogP contribution is 2.55. The Morgan fingerprint density at radius 3 is 2.59 bits per heavy atom. The molecule has 7 heteroatoms. The van der Waals surface area contributed by atoms with Gasteiger partial charge in [0.1, 0.15) is 15.8 Å². The van der Waals surface area contributed by atoms with Crippen LogP contribution in [0.5, 0.6) is 0 Å². The molecule has 2 unspecified atom stereocenters. The van der Waals surface area contributed by atoms with Gasteiger partial charge in [-0.25, -0.2) is 9.19 Å². The molecule has 4 bridgehead atoms. The quantitative estimate of drug-likeness (QED) is 0.777. The summed E-state index contributed by atoms with van der Waals surface area (Å²) in [6.45, 7) is 0. The van der Waals surface area contributed by atoms with Gasteiger partial charge in [0.15, 0.2) is 0 Å². The minimum Gasteiger partial charge on any atom is -0.388 e. The van der Waals surface area contributed by atoms with E-state index in [0.29, 0.717) is 38.3 Å². The van der Waals surface area contributed by atoms with Gasteiger partial charge in [-0.3, -0.25) is 4.79 Å². The standard InChI is InChI=1S/C22H23ClN2O3S/c23-17-4-5-19(24-12-17)29(28)18-3-1-2-15(9-18)21(26)25-20-16-7-13-6-14(8-16)11-22(20,27)10-13/h1-5,9,12-14,16,20,27H,6-8,10-11H2,(H,25,26)/t13?,14?,16?,20-,22?,29-/m0/s1. The summed E-state index contributed by atoms with van der Waals surface area (Å²) in [7, 11) is -1.50. The van der Waals surface area contributed by atoms with Crippen molar-refractivity contribution in [2.24, 2.45) is 17.8 Å². The molecule has 2 aromatic rings. The molecule has 0 spiro atoms. The number of hydrogen-bond donors (Lipinski definition) is 2. The van der Waals surface area contributed by atoms with E-state index in [1.165, 1.54) is 12.6 Å². The van der Waals surface area contributed by atoms with Gasteiger partial charge in [-0.1, -0.05) is 17.7 Å². The first-order valence-corrected chi connectivity index (χ1v) is 11.6. The van der Waals surface area contributed by atoms with Crippen molar-refractivity contribution < 1.29 is 14.1 Å². The highest BCUT2D eigenvalue weighted by Gasteiger charge is 2.56. The molecule has 2 N–H and O–H groups in total. The zero-order valence-electron chi connectivity index (χ0n) is 15.9. The molecular formula is C22H23ClN2O3S. The van der Waals surface area contributed by atoms with Gasteiger partial charge in [-0.05, 0) is 80.2 Å². The number of amides is 1. The highest BCUT2D eigenvalue weighted by atomic mass is 35.5. The molecule has 29 heavy (non-hydrogen) atoms. The summed E-state index contributed by atoms with van der Waals surface area (Å²) in [4.78, 5) is 17.6. The highest BCUT2D eigenvalue weighted by molar-refractivity contribution is 7.85. The normalized spacial score (nSPS) is 33.4. The van der Waals surface area contributed by atoms with E-state index in [4.69, 9.17) is 11.6 Å². The maximum atomic E-state index is 13.0. The van der Waals surface area contributed by atoms with Crippen LogP contribution in [0.25, 0.3) is 0 Å². The monoisotopic (exact) mass is 430 g/mol. The number of carbonyl (C=O) groups is 1. The molecule has 1 amide bonds. The average Bonchev–Trinajstić information content (AvgIpc) is 2.70. The largest absolute Gasteiger partial charge is 0.388 e. The van der Waals surface area contributed by atoms with Crippen LogP contribution < -0.4 is 5.32 Å². The van der Waals surface area contributed by atoms with Gasteiger partial charge in [0.05, 0.1) is 16.7 Å². The third-order valence-electron chi connectivity index (χ3n) is 6.76. The lowest BCUT2D eigenvalue weighted by Gasteiger charge is -2.58. The van der Waals surface area contributed by atoms with Crippen LogP contribution in [0.3, 0.4) is 0 Å². The van der Waals surface area contributed by atoms with Gasteiger partial charge in [0, 0.05) is 16.7 Å². The van der Waals surface area contributed by atoms with Crippen LogP contribution in [0.2, 0.25) is 5.02 Å². The second-order valence-corrected chi connectivity index (χ2v) is 10.6. The third-order valence-corrected chi connectivity index (χ3v) is 8.29. The summed E-state index contributed by atoms with van der Waals surface area (Å²) in [5.74, 6) is 1.33. The molecular weight excluding hydrogens is 408 g/mol. The number of rotatable bonds is 4. The van der Waals surface area contributed by atoms with Crippen LogP contribution in [0.4, 0.5) is 0 Å². The summed E-state index contributed by atoms with van der Waals surface area (Å²) >= 11 is 5.85. The van der Waals surface area contributed by atoms with Gasteiger partial charge >= 0.3 is 0 Å². The zero-order chi connectivity index (χ0) is 20.2. The van der Waals surface area contributed by atoms with E-state index in [1.54, 1.807) is 36.4 Å². The van der Waals surface area contributed by atoms with Crippen molar-refractivity contribution in [3.8, 4) is 0 Å². The third kappa shape index (κ3) is 3.51. The molecule has 4 aliphatic carbocycles. The van der Waals surface area contributed by atoms with Gasteiger partial charge in [-0.2, -0.15) is 0 Å². The van der Waals surface area contributed by atoms with Crippen molar-refractivity contribution in [3.05, 3.63) is 53.2 Å². The van der Waals surface area contributed by atoms with Gasteiger partial charge in [-0.15, -0.1) is 0 Å². The lowest BCUT2D eigenvalue weighted by atomic mass is 9.52. The number of benzene rings is 1. The molecule has 4 saturated carbocycles. The average molecular weight is 431 g/mol. The van der Waals surface area contributed by atoms with Crippen LogP contribution in [-0.2, 0) is 10.8 Å². The van der Waals surface area contributed by atoms with Crippen LogP contribution in [0.15, 0.2) is 52.5 Å². The van der Waals surface area contributed by atoms with E-state index in [-0.39, 0.29) is 11.9 Å². The van der Waals surface area contributed by atoms with Gasteiger partial charge in [0.25, 0.3) is 5.91 Å². The molecule has 1 heterocycles. The number of aliphatic hydroxyl groups is 1. The molecule has 4 atom stereocenters. The first-order valence-electron chi connectivity index (χ1n) is 10.1. The molecule has 1 aromatic heterocycles. The Bertz CT molecular complexity index is 966. The number of nitrogens with one attached hydrogen (secondary N) is 1. The van der Waals surface area contributed by atoms with E-state index >= 15 is 0 Å². The zero-order valence-corrected chi connectivity index (χ0v) is 17.5. The fourth-order valence-electron chi connectivity index (χ4n) is 5.82. The van der Waals surface area contributed by atoms with E-state index in [0.717, 1.165) is 25.7 Å². The minimum atomic E-state index is -1.50. The number of hydrogen-bond acceptors (Lipinski definition) is 4. The Kier molecular flexibility index (Phi) is 4.76. The SMILES string of the molecule is O=C(N[C@H]1C2CC3CC(C2)CC1(O)C3)c1cccc([S@](=O)c2ccc(Cl)cn2)c1. The van der Waals surface area contributed by atoms with Gasteiger partial charge < -0.3 is 10.4 Å². The molecule has 4 fully saturated rings. The summed E-state index contributed by atoms with van der Waals surface area (Å²) in [6, 6.07) is 9.87. The lowest BCUT2D eigenvalue weighted by Crippen LogP contribution is -2.66. The topological polar surface area (TPSA) is 79.3 Å². The summed E-state index contributed by atoms with van der Waals surface area (Å²) in [5, 5.41) is 15.2. The Morgan fingerprint density at radius 2 is 1.93 bits per heavy atom. The van der Waals surface area contributed by atoms with Gasteiger partial charge in [0.2, 0.25) is 0 Å². The molecule has 6 rings (SSSR count). The van der Waals surface area contributed by atoms with Crippen molar-refractivity contribution in [2.45, 2.75) is 53.7 Å². The van der Waals surface area contributed by atoms with E-state index in [2.05, 4.69) is 10.3 Å². The Balaban J connectivity index is 1.35. The molecule has 0 aliphatic heterocycles. The number of nitrogens with zero attached hydrogens (tertiary/aromatic N) is 1. The summed E-state index contributed by atoms with van der Waals surface area (Å²) in [6.07, 6.45) is 6.45. The Morgan fingerprint density at radius 1 is 1.17 bits per heavy atom. The van der Waals surface area contributed by atoms with E-state index in [9.17, 15) is 14.1 Å². The maximum Gasteiger partial charge on any atom is 0.251 e. The minimum absolute atomic E-state index is 0.199. The lowest BCUT2D eigenvalue weighted by molar-refractivity contribution is -0.146. The Hall–Kier alpha value is -1.76. The fourth-order valence-corrected chi connectivity index (χ4v) is 6.95. The maximum absolute atomic E-state index is 13.0. The Labute approximate surface area is 177 Å². The number of carbonyl (C=O) groups excluding carboxylic acids is 1. The van der Waals surface area contributed by atoms with Crippen LogP contribution in [-0.4, -0.2) is 31.8 Å². The second kappa shape index (κ2) is 7.18. The first kappa shape index (κ1) is 19.2. The molecule has 5 nitrogen and oxygen atoms in total. The molecule has 152 valence electrons. The van der Waals surface area contributed by atoms with Crippen molar-refractivity contribution in [3.63, 3.8) is 0 Å². The first-order chi connectivity index (χ1) is 13.9. The fraction of sp³-hybridized carbons (Fsp3) is 0.455. The number of halogens is 1. The van der Waals surface area contributed by atoms with Crippen molar-refractivity contribution >= 4 is 28.3 Å².